The Labute approximate surface area is 124 Å². The third-order valence-corrected chi connectivity index (χ3v) is 3.16. The molecule has 0 saturated heterocycles. The van der Waals surface area contributed by atoms with Crippen molar-refractivity contribution in [2.24, 2.45) is 10.9 Å². The fraction of sp³-hybridized carbons (Fsp3) is 0.235. The van der Waals surface area contributed by atoms with Crippen LogP contribution in [0.4, 0.5) is 0 Å². The molecule has 2 aromatic carbocycles. The first-order valence-electron chi connectivity index (χ1n) is 7.00. The SMILES string of the molecule is N/C(Cc1ccc(OCCCc2ccccc2)cc1)=N\O. The van der Waals surface area contributed by atoms with Crippen LogP contribution in [0.15, 0.2) is 59.8 Å². The number of nitrogens with two attached hydrogens (primary N) is 1. The molecule has 0 atom stereocenters. The molecule has 0 heterocycles. The van der Waals surface area contributed by atoms with Gasteiger partial charge in [0.25, 0.3) is 0 Å². The van der Waals surface area contributed by atoms with Gasteiger partial charge in [-0.1, -0.05) is 47.6 Å². The van der Waals surface area contributed by atoms with Gasteiger partial charge in [0.1, 0.15) is 11.6 Å². The Hall–Kier alpha value is -2.49. The number of aryl methyl sites for hydroxylation is 1. The van der Waals surface area contributed by atoms with Crippen molar-refractivity contribution in [3.05, 3.63) is 65.7 Å². The zero-order valence-electron chi connectivity index (χ0n) is 11.9. The van der Waals surface area contributed by atoms with Crippen LogP contribution in [0.1, 0.15) is 17.5 Å². The highest BCUT2D eigenvalue weighted by Gasteiger charge is 1.99. The first-order chi connectivity index (χ1) is 10.3. The molecule has 0 fully saturated rings. The zero-order chi connectivity index (χ0) is 14.9. The summed E-state index contributed by atoms with van der Waals surface area (Å²) in [6.07, 6.45) is 2.43. The van der Waals surface area contributed by atoms with Crippen molar-refractivity contribution in [3.63, 3.8) is 0 Å². The van der Waals surface area contributed by atoms with E-state index in [1.54, 1.807) is 0 Å². The normalized spacial score (nSPS) is 11.3. The Morgan fingerprint density at radius 1 is 1.00 bits per heavy atom. The monoisotopic (exact) mass is 284 g/mol. The maximum atomic E-state index is 8.53. The number of hydrogen-bond donors (Lipinski definition) is 2. The summed E-state index contributed by atoms with van der Waals surface area (Å²) in [6, 6.07) is 18.0. The van der Waals surface area contributed by atoms with E-state index < -0.39 is 0 Å². The van der Waals surface area contributed by atoms with Crippen LogP contribution in [0.5, 0.6) is 5.75 Å². The lowest BCUT2D eigenvalue weighted by atomic mass is 10.1. The average molecular weight is 284 g/mol. The molecule has 4 heteroatoms. The van der Waals surface area contributed by atoms with Crippen molar-refractivity contribution in [2.75, 3.05) is 6.61 Å². The van der Waals surface area contributed by atoms with Crippen molar-refractivity contribution in [1.29, 1.82) is 0 Å². The molecule has 0 amide bonds. The van der Waals surface area contributed by atoms with Gasteiger partial charge < -0.3 is 15.7 Å². The molecule has 0 aliphatic rings. The second-order valence-corrected chi connectivity index (χ2v) is 4.85. The molecule has 0 spiro atoms. The molecule has 0 radical (unpaired) electrons. The van der Waals surface area contributed by atoms with Crippen LogP contribution in [0.3, 0.4) is 0 Å². The van der Waals surface area contributed by atoms with E-state index in [4.69, 9.17) is 15.7 Å². The number of amidine groups is 1. The van der Waals surface area contributed by atoms with E-state index in [1.807, 2.05) is 30.3 Å². The fourth-order valence-electron chi connectivity index (χ4n) is 2.06. The number of rotatable bonds is 7. The van der Waals surface area contributed by atoms with Gasteiger partial charge in [0.05, 0.1) is 6.61 Å². The highest BCUT2D eigenvalue weighted by molar-refractivity contribution is 5.82. The molecule has 3 N–H and O–H groups in total. The van der Waals surface area contributed by atoms with Crippen LogP contribution in [0, 0.1) is 0 Å². The van der Waals surface area contributed by atoms with E-state index in [-0.39, 0.29) is 5.84 Å². The number of oxime groups is 1. The van der Waals surface area contributed by atoms with E-state index in [2.05, 4.69) is 29.4 Å². The van der Waals surface area contributed by atoms with Crippen molar-refractivity contribution in [3.8, 4) is 5.75 Å². The Kier molecular flexibility index (Phi) is 5.64. The van der Waals surface area contributed by atoms with Crippen molar-refractivity contribution < 1.29 is 9.94 Å². The maximum Gasteiger partial charge on any atom is 0.143 e. The van der Waals surface area contributed by atoms with E-state index in [0.29, 0.717) is 13.0 Å². The van der Waals surface area contributed by atoms with Crippen LogP contribution in [-0.4, -0.2) is 17.6 Å². The first kappa shape index (κ1) is 14.9. The zero-order valence-corrected chi connectivity index (χ0v) is 11.9. The van der Waals surface area contributed by atoms with Crippen molar-refractivity contribution in [1.82, 2.24) is 0 Å². The van der Waals surface area contributed by atoms with Gasteiger partial charge in [0.15, 0.2) is 0 Å². The topological polar surface area (TPSA) is 67.8 Å². The summed E-state index contributed by atoms with van der Waals surface area (Å²) in [4.78, 5) is 0. The minimum Gasteiger partial charge on any atom is -0.494 e. The Balaban J connectivity index is 1.73. The minimum atomic E-state index is 0.200. The molecule has 0 unspecified atom stereocenters. The van der Waals surface area contributed by atoms with Gasteiger partial charge in [0.2, 0.25) is 0 Å². The molecule has 0 aliphatic heterocycles. The molecule has 21 heavy (non-hydrogen) atoms. The summed E-state index contributed by atoms with van der Waals surface area (Å²) in [5.41, 5.74) is 7.78. The molecule has 4 nitrogen and oxygen atoms in total. The lowest BCUT2D eigenvalue weighted by Crippen LogP contribution is -2.14. The number of nitrogens with zero attached hydrogens (tertiary/aromatic N) is 1. The van der Waals surface area contributed by atoms with Gasteiger partial charge in [-0.2, -0.15) is 0 Å². The number of benzene rings is 2. The molecular weight excluding hydrogens is 264 g/mol. The molecule has 110 valence electrons. The lowest BCUT2D eigenvalue weighted by molar-refractivity contribution is 0.311. The molecule has 0 aromatic heterocycles. The third-order valence-electron chi connectivity index (χ3n) is 3.16. The Morgan fingerprint density at radius 3 is 2.38 bits per heavy atom. The predicted octanol–water partition coefficient (Wildman–Crippen LogP) is 2.99. The summed E-state index contributed by atoms with van der Waals surface area (Å²) in [5.74, 6) is 1.04. The number of hydrogen-bond acceptors (Lipinski definition) is 3. The highest BCUT2D eigenvalue weighted by atomic mass is 16.5. The van der Waals surface area contributed by atoms with Gasteiger partial charge in [-0.3, -0.25) is 0 Å². The molecule has 0 aliphatic carbocycles. The largest absolute Gasteiger partial charge is 0.494 e. The minimum absolute atomic E-state index is 0.200. The predicted molar refractivity (Wildman–Crippen MR) is 83.8 cm³/mol. The van der Waals surface area contributed by atoms with Crippen LogP contribution in [-0.2, 0) is 12.8 Å². The smallest absolute Gasteiger partial charge is 0.143 e. The molecular formula is C17H20N2O2. The summed E-state index contributed by atoms with van der Waals surface area (Å²) in [5, 5.41) is 11.5. The molecule has 2 rings (SSSR count). The van der Waals surface area contributed by atoms with E-state index in [0.717, 1.165) is 24.2 Å². The van der Waals surface area contributed by atoms with Crippen LogP contribution in [0.2, 0.25) is 0 Å². The third kappa shape index (κ3) is 5.18. The molecule has 2 aromatic rings. The van der Waals surface area contributed by atoms with Crippen molar-refractivity contribution in [2.45, 2.75) is 19.3 Å². The summed E-state index contributed by atoms with van der Waals surface area (Å²) < 4.78 is 5.70. The second-order valence-electron chi connectivity index (χ2n) is 4.85. The second kappa shape index (κ2) is 7.94. The van der Waals surface area contributed by atoms with Crippen LogP contribution in [0.25, 0.3) is 0 Å². The number of ether oxygens (including phenoxy) is 1. The van der Waals surface area contributed by atoms with Gasteiger partial charge in [0, 0.05) is 6.42 Å². The van der Waals surface area contributed by atoms with Gasteiger partial charge in [-0.05, 0) is 36.1 Å². The standard InChI is InChI=1S/C17H20N2O2/c18-17(19-20)13-15-8-10-16(11-9-15)21-12-4-7-14-5-2-1-3-6-14/h1-3,5-6,8-11,20H,4,7,12-13H2,(H2,18,19). The average Bonchev–Trinajstić information content (AvgIpc) is 2.54. The maximum absolute atomic E-state index is 8.53. The van der Waals surface area contributed by atoms with Gasteiger partial charge in [-0.25, -0.2) is 0 Å². The van der Waals surface area contributed by atoms with E-state index in [1.165, 1.54) is 5.56 Å². The Bertz CT molecular complexity index is 565. The van der Waals surface area contributed by atoms with Crippen molar-refractivity contribution >= 4 is 5.84 Å². The Morgan fingerprint density at radius 2 is 1.71 bits per heavy atom. The van der Waals surface area contributed by atoms with E-state index >= 15 is 0 Å². The lowest BCUT2D eigenvalue weighted by Gasteiger charge is -2.07. The van der Waals surface area contributed by atoms with Gasteiger partial charge in [-0.15, -0.1) is 0 Å². The first-order valence-corrected chi connectivity index (χ1v) is 7.00. The highest BCUT2D eigenvalue weighted by Crippen LogP contribution is 2.13. The van der Waals surface area contributed by atoms with Gasteiger partial charge >= 0.3 is 0 Å². The van der Waals surface area contributed by atoms with Crippen LogP contribution >= 0.6 is 0 Å². The van der Waals surface area contributed by atoms with E-state index in [9.17, 15) is 0 Å². The summed E-state index contributed by atoms with van der Waals surface area (Å²) in [6.45, 7) is 0.689. The quantitative estimate of drug-likeness (QED) is 0.270. The fourth-order valence-corrected chi connectivity index (χ4v) is 2.06. The summed E-state index contributed by atoms with van der Waals surface area (Å²) in [7, 11) is 0. The molecule has 0 saturated carbocycles. The summed E-state index contributed by atoms with van der Waals surface area (Å²) >= 11 is 0. The molecule has 0 bridgehead atoms. The van der Waals surface area contributed by atoms with Crippen LogP contribution < -0.4 is 10.5 Å².